The van der Waals surface area contributed by atoms with E-state index in [0.717, 1.165) is 37.8 Å². The van der Waals surface area contributed by atoms with Crippen LogP contribution in [0.15, 0.2) is 24.3 Å². The average Bonchev–Trinajstić information content (AvgIpc) is 3.16. The minimum Gasteiger partial charge on any atom is -0.334 e. The van der Waals surface area contributed by atoms with Crippen LogP contribution < -0.4 is 10.9 Å². The molecule has 5 heteroatoms. The molecule has 2 saturated heterocycles. The summed E-state index contributed by atoms with van der Waals surface area (Å²) in [7, 11) is 0. The van der Waals surface area contributed by atoms with E-state index in [0.29, 0.717) is 12.0 Å². The number of rotatable bonds is 4. The maximum Gasteiger partial charge on any atom is 0.241 e. The number of hydrogen-bond acceptors (Lipinski definition) is 3. The maximum absolute atomic E-state index is 13.1. The van der Waals surface area contributed by atoms with Gasteiger partial charge in [0.25, 0.3) is 0 Å². The van der Waals surface area contributed by atoms with Gasteiger partial charge in [-0.1, -0.05) is 26.0 Å². The van der Waals surface area contributed by atoms with Gasteiger partial charge < -0.3 is 4.90 Å². The van der Waals surface area contributed by atoms with Crippen LogP contribution in [0.25, 0.3) is 0 Å². The summed E-state index contributed by atoms with van der Waals surface area (Å²) in [5.41, 5.74) is 7.46. The Balaban J connectivity index is 1.66. The maximum atomic E-state index is 13.1. The molecule has 2 aliphatic heterocycles. The fourth-order valence-corrected chi connectivity index (χ4v) is 3.77. The molecule has 2 heterocycles. The Morgan fingerprint density at radius 2 is 2.04 bits per heavy atom. The topological polar surface area (TPSA) is 44.4 Å². The highest BCUT2D eigenvalue weighted by Gasteiger charge is 2.37. The van der Waals surface area contributed by atoms with Gasteiger partial charge >= 0.3 is 0 Å². The Morgan fingerprint density at radius 1 is 1.30 bits per heavy atom. The van der Waals surface area contributed by atoms with E-state index in [1.165, 1.54) is 12.1 Å². The molecule has 4 nitrogen and oxygen atoms in total. The molecule has 0 aliphatic carbocycles. The monoisotopic (exact) mass is 319 g/mol. The van der Waals surface area contributed by atoms with Crippen molar-refractivity contribution in [3.8, 4) is 0 Å². The Morgan fingerprint density at radius 3 is 2.74 bits per heavy atom. The third kappa shape index (κ3) is 3.72. The standard InChI is InChI=1S/C18H26FN3O/c1-12(2)10-15-11-16(21-20-15)18(23)22-9-3-4-17(22)13-5-7-14(19)8-6-13/h5-8,12,15-17,20-21H,3-4,9-11H2,1-2H3. The Hall–Kier alpha value is -1.46. The van der Waals surface area contributed by atoms with E-state index >= 15 is 0 Å². The van der Waals surface area contributed by atoms with Gasteiger partial charge in [0.2, 0.25) is 5.91 Å². The van der Waals surface area contributed by atoms with Crippen molar-refractivity contribution in [2.75, 3.05) is 6.54 Å². The molecule has 0 aromatic heterocycles. The molecule has 23 heavy (non-hydrogen) atoms. The molecule has 1 amide bonds. The normalized spacial score (nSPS) is 27.8. The van der Waals surface area contributed by atoms with Crippen molar-refractivity contribution in [3.63, 3.8) is 0 Å². The van der Waals surface area contributed by atoms with Gasteiger partial charge in [-0.3, -0.25) is 10.2 Å². The Bertz CT molecular complexity index is 546. The molecule has 0 bridgehead atoms. The van der Waals surface area contributed by atoms with Crippen molar-refractivity contribution in [2.45, 2.75) is 57.7 Å². The summed E-state index contributed by atoms with van der Waals surface area (Å²) in [5.74, 6) is 0.542. The first-order valence-electron chi connectivity index (χ1n) is 8.61. The van der Waals surface area contributed by atoms with Gasteiger partial charge in [-0.2, -0.15) is 0 Å². The number of hydrogen-bond donors (Lipinski definition) is 2. The highest BCUT2D eigenvalue weighted by Crippen LogP contribution is 2.33. The first-order valence-corrected chi connectivity index (χ1v) is 8.61. The van der Waals surface area contributed by atoms with Crippen molar-refractivity contribution in [1.82, 2.24) is 15.8 Å². The van der Waals surface area contributed by atoms with Gasteiger partial charge in [0.05, 0.1) is 6.04 Å². The average molecular weight is 319 g/mol. The third-order valence-corrected chi connectivity index (χ3v) is 4.83. The molecule has 2 aliphatic rings. The molecule has 3 atom stereocenters. The Labute approximate surface area is 137 Å². The number of benzene rings is 1. The molecular weight excluding hydrogens is 293 g/mol. The predicted octanol–water partition coefficient (Wildman–Crippen LogP) is 2.77. The van der Waals surface area contributed by atoms with Crippen molar-refractivity contribution in [3.05, 3.63) is 35.6 Å². The molecule has 0 saturated carbocycles. The highest BCUT2D eigenvalue weighted by molar-refractivity contribution is 5.83. The number of halogens is 1. The van der Waals surface area contributed by atoms with Gasteiger partial charge in [-0.15, -0.1) is 0 Å². The molecular formula is C18H26FN3O. The van der Waals surface area contributed by atoms with Crippen molar-refractivity contribution < 1.29 is 9.18 Å². The highest BCUT2D eigenvalue weighted by atomic mass is 19.1. The second-order valence-corrected chi connectivity index (χ2v) is 7.14. The zero-order valence-corrected chi connectivity index (χ0v) is 13.9. The first-order chi connectivity index (χ1) is 11.0. The molecule has 126 valence electrons. The van der Waals surface area contributed by atoms with Crippen LogP contribution in [0.2, 0.25) is 0 Å². The van der Waals surface area contributed by atoms with Crippen LogP contribution in [0, 0.1) is 11.7 Å². The van der Waals surface area contributed by atoms with Crippen molar-refractivity contribution in [1.29, 1.82) is 0 Å². The van der Waals surface area contributed by atoms with Gasteiger partial charge in [-0.05, 0) is 49.3 Å². The predicted molar refractivity (Wildman–Crippen MR) is 88.0 cm³/mol. The lowest BCUT2D eigenvalue weighted by Gasteiger charge is -2.27. The SMILES string of the molecule is CC(C)CC1CC(C(=O)N2CCCC2c2ccc(F)cc2)NN1. The summed E-state index contributed by atoms with van der Waals surface area (Å²) >= 11 is 0. The number of carbonyl (C=O) groups excluding carboxylic acids is 1. The minimum absolute atomic E-state index is 0.0778. The summed E-state index contributed by atoms with van der Waals surface area (Å²) < 4.78 is 13.1. The number of likely N-dealkylation sites (tertiary alicyclic amines) is 1. The van der Waals surface area contributed by atoms with Gasteiger partial charge in [0, 0.05) is 12.6 Å². The first kappa shape index (κ1) is 16.4. The number of carbonyl (C=O) groups is 1. The lowest BCUT2D eigenvalue weighted by Crippen LogP contribution is -2.45. The van der Waals surface area contributed by atoms with E-state index in [4.69, 9.17) is 0 Å². The number of nitrogens with zero attached hydrogens (tertiary/aromatic N) is 1. The zero-order valence-electron chi connectivity index (χ0n) is 13.9. The molecule has 1 aromatic carbocycles. The summed E-state index contributed by atoms with van der Waals surface area (Å²) in [6.45, 7) is 5.18. The van der Waals surface area contributed by atoms with Crippen LogP contribution in [0.4, 0.5) is 4.39 Å². The third-order valence-electron chi connectivity index (χ3n) is 4.83. The molecule has 3 unspecified atom stereocenters. The largest absolute Gasteiger partial charge is 0.334 e. The van der Waals surface area contributed by atoms with Gasteiger partial charge in [0.15, 0.2) is 0 Å². The molecule has 2 N–H and O–H groups in total. The second-order valence-electron chi connectivity index (χ2n) is 7.14. The van der Waals surface area contributed by atoms with Crippen LogP contribution >= 0.6 is 0 Å². The number of hydrazine groups is 1. The van der Waals surface area contributed by atoms with E-state index in [9.17, 15) is 9.18 Å². The lowest BCUT2D eigenvalue weighted by molar-refractivity contribution is -0.134. The minimum atomic E-state index is -0.234. The fraction of sp³-hybridized carbons (Fsp3) is 0.611. The summed E-state index contributed by atoms with van der Waals surface area (Å²) in [4.78, 5) is 14.8. The number of nitrogens with one attached hydrogen (secondary N) is 2. The lowest BCUT2D eigenvalue weighted by atomic mass is 9.99. The quantitative estimate of drug-likeness (QED) is 0.897. The van der Waals surface area contributed by atoms with E-state index in [2.05, 4.69) is 24.7 Å². The van der Waals surface area contributed by atoms with Gasteiger partial charge in [0.1, 0.15) is 11.9 Å². The zero-order chi connectivity index (χ0) is 16.4. The molecule has 2 fully saturated rings. The van der Waals surface area contributed by atoms with Crippen LogP contribution in [0.5, 0.6) is 0 Å². The molecule has 0 radical (unpaired) electrons. The van der Waals surface area contributed by atoms with E-state index in [1.54, 1.807) is 12.1 Å². The van der Waals surface area contributed by atoms with Crippen molar-refractivity contribution >= 4 is 5.91 Å². The van der Waals surface area contributed by atoms with Gasteiger partial charge in [-0.25, -0.2) is 9.82 Å². The number of amides is 1. The molecule has 1 aromatic rings. The summed E-state index contributed by atoms with van der Waals surface area (Å²) in [6.07, 6.45) is 3.86. The smallest absolute Gasteiger partial charge is 0.241 e. The van der Waals surface area contributed by atoms with Crippen LogP contribution in [-0.4, -0.2) is 29.4 Å². The second kappa shape index (κ2) is 6.97. The Kier molecular flexibility index (Phi) is 4.97. The summed E-state index contributed by atoms with van der Waals surface area (Å²) in [6, 6.07) is 6.83. The van der Waals surface area contributed by atoms with E-state index in [-0.39, 0.29) is 23.8 Å². The summed E-state index contributed by atoms with van der Waals surface area (Å²) in [5, 5.41) is 0. The van der Waals surface area contributed by atoms with Crippen LogP contribution in [0.1, 0.15) is 51.1 Å². The van der Waals surface area contributed by atoms with Crippen LogP contribution in [-0.2, 0) is 4.79 Å². The van der Waals surface area contributed by atoms with E-state index < -0.39 is 0 Å². The van der Waals surface area contributed by atoms with Crippen LogP contribution in [0.3, 0.4) is 0 Å². The molecule has 0 spiro atoms. The fourth-order valence-electron chi connectivity index (χ4n) is 3.77. The van der Waals surface area contributed by atoms with E-state index in [1.807, 2.05) is 4.90 Å². The molecule has 3 rings (SSSR count). The van der Waals surface area contributed by atoms with Crippen molar-refractivity contribution in [2.24, 2.45) is 5.92 Å².